The van der Waals surface area contributed by atoms with Crippen LogP contribution in [0.1, 0.15) is 27.7 Å². The molecule has 0 unspecified atom stereocenters. The molecule has 0 atom stereocenters. The van der Waals surface area contributed by atoms with Gasteiger partial charge in [0.15, 0.2) is 0 Å². The van der Waals surface area contributed by atoms with Gasteiger partial charge < -0.3 is 4.74 Å². The Morgan fingerprint density at radius 2 is 1.82 bits per heavy atom. The SMILES string of the molecule is CC(C)N(CCOc1nccnc1-c1cnn(C)c1)C(C)C. The molecule has 0 radical (unpaired) electrons. The molecule has 2 rings (SSSR count). The Balaban J connectivity index is 2.05. The van der Waals surface area contributed by atoms with Crippen LogP contribution in [0.5, 0.6) is 5.88 Å². The first kappa shape index (κ1) is 16.4. The molecule has 6 heteroatoms. The normalized spacial score (nSPS) is 11.6. The highest BCUT2D eigenvalue weighted by Gasteiger charge is 2.15. The van der Waals surface area contributed by atoms with Gasteiger partial charge in [0, 0.05) is 49.8 Å². The number of nitrogens with zero attached hydrogens (tertiary/aromatic N) is 5. The third-order valence-electron chi connectivity index (χ3n) is 3.56. The fraction of sp³-hybridized carbons (Fsp3) is 0.562. The first-order chi connectivity index (χ1) is 10.5. The van der Waals surface area contributed by atoms with E-state index in [1.807, 2.05) is 13.2 Å². The van der Waals surface area contributed by atoms with Gasteiger partial charge in [0.2, 0.25) is 5.88 Å². The fourth-order valence-electron chi connectivity index (χ4n) is 2.53. The lowest BCUT2D eigenvalue weighted by atomic mass is 10.2. The van der Waals surface area contributed by atoms with Crippen LogP contribution in [-0.4, -0.2) is 49.9 Å². The predicted molar refractivity (Wildman–Crippen MR) is 86.7 cm³/mol. The lowest BCUT2D eigenvalue weighted by Crippen LogP contribution is -2.39. The molecule has 0 aromatic carbocycles. The van der Waals surface area contributed by atoms with E-state index in [4.69, 9.17) is 4.74 Å². The average molecular weight is 303 g/mol. The van der Waals surface area contributed by atoms with Gasteiger partial charge in [-0.2, -0.15) is 5.10 Å². The second-order valence-electron chi connectivity index (χ2n) is 5.89. The van der Waals surface area contributed by atoms with Crippen LogP contribution in [0.25, 0.3) is 11.3 Å². The molecule has 6 nitrogen and oxygen atoms in total. The van der Waals surface area contributed by atoms with Crippen molar-refractivity contribution in [2.75, 3.05) is 13.2 Å². The Morgan fingerprint density at radius 3 is 2.41 bits per heavy atom. The number of aromatic nitrogens is 4. The van der Waals surface area contributed by atoms with Crippen molar-refractivity contribution in [3.8, 4) is 17.1 Å². The molecule has 0 aliphatic heterocycles. The molecule has 0 aliphatic carbocycles. The number of ether oxygens (including phenoxy) is 1. The average Bonchev–Trinajstić information content (AvgIpc) is 2.89. The van der Waals surface area contributed by atoms with E-state index in [0.29, 0.717) is 24.6 Å². The quantitative estimate of drug-likeness (QED) is 0.786. The van der Waals surface area contributed by atoms with E-state index in [2.05, 4.69) is 47.7 Å². The Morgan fingerprint density at radius 1 is 1.14 bits per heavy atom. The van der Waals surface area contributed by atoms with Crippen molar-refractivity contribution in [3.05, 3.63) is 24.8 Å². The summed E-state index contributed by atoms with van der Waals surface area (Å²) in [6, 6.07) is 0.978. The number of hydrogen-bond acceptors (Lipinski definition) is 5. The summed E-state index contributed by atoms with van der Waals surface area (Å²) < 4.78 is 7.62. The maximum atomic E-state index is 5.88. The van der Waals surface area contributed by atoms with E-state index in [9.17, 15) is 0 Å². The largest absolute Gasteiger partial charge is 0.475 e. The standard InChI is InChI=1S/C16H25N5O/c1-12(2)21(13(3)4)8-9-22-16-15(17-6-7-18-16)14-10-19-20(5)11-14/h6-7,10-13H,8-9H2,1-5H3. The predicted octanol–water partition coefficient (Wildman–Crippen LogP) is 2.37. The van der Waals surface area contributed by atoms with Gasteiger partial charge in [0.05, 0.1) is 6.20 Å². The molecule has 0 amide bonds. The second-order valence-corrected chi connectivity index (χ2v) is 5.89. The molecular formula is C16H25N5O. The maximum absolute atomic E-state index is 5.88. The second kappa shape index (κ2) is 7.35. The van der Waals surface area contributed by atoms with Gasteiger partial charge in [-0.3, -0.25) is 9.58 Å². The highest BCUT2D eigenvalue weighted by Crippen LogP contribution is 2.24. The Kier molecular flexibility index (Phi) is 5.49. The molecule has 22 heavy (non-hydrogen) atoms. The minimum absolute atomic E-state index is 0.489. The summed E-state index contributed by atoms with van der Waals surface area (Å²) in [5.74, 6) is 0.558. The van der Waals surface area contributed by atoms with E-state index < -0.39 is 0 Å². The van der Waals surface area contributed by atoms with Gasteiger partial charge in [-0.05, 0) is 27.7 Å². The summed E-state index contributed by atoms with van der Waals surface area (Å²) in [4.78, 5) is 11.1. The van der Waals surface area contributed by atoms with Crippen LogP contribution in [0.4, 0.5) is 0 Å². The van der Waals surface area contributed by atoms with E-state index in [-0.39, 0.29) is 0 Å². The Bertz CT molecular complexity index is 586. The van der Waals surface area contributed by atoms with E-state index in [1.54, 1.807) is 23.3 Å². The van der Waals surface area contributed by atoms with Gasteiger partial charge in [-0.1, -0.05) is 0 Å². The minimum Gasteiger partial charge on any atom is -0.475 e. The summed E-state index contributed by atoms with van der Waals surface area (Å²) in [7, 11) is 1.88. The summed E-state index contributed by atoms with van der Waals surface area (Å²) in [5, 5.41) is 4.17. The molecule has 0 aliphatic rings. The lowest BCUT2D eigenvalue weighted by Gasteiger charge is -2.30. The van der Waals surface area contributed by atoms with Crippen molar-refractivity contribution in [2.24, 2.45) is 7.05 Å². The summed E-state index contributed by atoms with van der Waals surface area (Å²) in [5.41, 5.74) is 1.64. The number of aryl methyl sites for hydroxylation is 1. The van der Waals surface area contributed by atoms with Crippen molar-refractivity contribution >= 4 is 0 Å². The molecule has 0 spiro atoms. The molecule has 2 aromatic rings. The zero-order valence-electron chi connectivity index (χ0n) is 14.0. The van der Waals surface area contributed by atoms with E-state index in [0.717, 1.165) is 17.8 Å². The van der Waals surface area contributed by atoms with E-state index >= 15 is 0 Å². The minimum atomic E-state index is 0.489. The Hall–Kier alpha value is -1.95. The van der Waals surface area contributed by atoms with Crippen molar-refractivity contribution in [1.82, 2.24) is 24.6 Å². The van der Waals surface area contributed by atoms with Crippen molar-refractivity contribution in [1.29, 1.82) is 0 Å². The van der Waals surface area contributed by atoms with Gasteiger partial charge in [-0.25, -0.2) is 9.97 Å². The van der Waals surface area contributed by atoms with Gasteiger partial charge in [0.1, 0.15) is 12.3 Å². The third kappa shape index (κ3) is 4.04. The smallest absolute Gasteiger partial charge is 0.240 e. The Labute approximate surface area is 132 Å². The molecule has 0 bridgehead atoms. The first-order valence-corrected chi connectivity index (χ1v) is 7.67. The number of hydrogen-bond donors (Lipinski definition) is 0. The topological polar surface area (TPSA) is 56.1 Å². The molecule has 0 saturated heterocycles. The summed E-state index contributed by atoms with van der Waals surface area (Å²) in [6.07, 6.45) is 7.00. The first-order valence-electron chi connectivity index (χ1n) is 7.67. The molecule has 120 valence electrons. The molecule has 2 aromatic heterocycles. The molecular weight excluding hydrogens is 278 g/mol. The van der Waals surface area contributed by atoms with Gasteiger partial charge in [-0.15, -0.1) is 0 Å². The molecule has 2 heterocycles. The van der Waals surface area contributed by atoms with Gasteiger partial charge >= 0.3 is 0 Å². The highest BCUT2D eigenvalue weighted by molar-refractivity contribution is 5.62. The maximum Gasteiger partial charge on any atom is 0.240 e. The fourth-order valence-corrected chi connectivity index (χ4v) is 2.53. The lowest BCUT2D eigenvalue weighted by molar-refractivity contribution is 0.140. The van der Waals surface area contributed by atoms with Crippen LogP contribution in [0, 0.1) is 0 Å². The van der Waals surface area contributed by atoms with Crippen LogP contribution in [0.15, 0.2) is 24.8 Å². The summed E-state index contributed by atoms with van der Waals surface area (Å²) in [6.45, 7) is 10.2. The van der Waals surface area contributed by atoms with Crippen LogP contribution in [0.2, 0.25) is 0 Å². The van der Waals surface area contributed by atoms with Crippen LogP contribution in [-0.2, 0) is 7.05 Å². The van der Waals surface area contributed by atoms with Crippen LogP contribution < -0.4 is 4.74 Å². The van der Waals surface area contributed by atoms with Crippen molar-refractivity contribution in [2.45, 2.75) is 39.8 Å². The third-order valence-corrected chi connectivity index (χ3v) is 3.56. The number of rotatable bonds is 7. The zero-order valence-corrected chi connectivity index (χ0v) is 14.0. The molecule has 0 N–H and O–H groups in total. The zero-order chi connectivity index (χ0) is 16.1. The summed E-state index contributed by atoms with van der Waals surface area (Å²) >= 11 is 0. The van der Waals surface area contributed by atoms with Crippen LogP contribution in [0.3, 0.4) is 0 Å². The highest BCUT2D eigenvalue weighted by atomic mass is 16.5. The van der Waals surface area contributed by atoms with Gasteiger partial charge in [0.25, 0.3) is 0 Å². The van der Waals surface area contributed by atoms with Crippen molar-refractivity contribution in [3.63, 3.8) is 0 Å². The van der Waals surface area contributed by atoms with Crippen LogP contribution >= 0.6 is 0 Å². The monoisotopic (exact) mass is 303 g/mol. The molecule has 0 saturated carbocycles. The van der Waals surface area contributed by atoms with E-state index in [1.165, 1.54) is 0 Å². The molecule has 0 fully saturated rings. The van der Waals surface area contributed by atoms with Crippen molar-refractivity contribution < 1.29 is 4.74 Å².